The van der Waals surface area contributed by atoms with Crippen LogP contribution in [-0.4, -0.2) is 33.3 Å². The van der Waals surface area contributed by atoms with E-state index in [1.165, 1.54) is 7.11 Å². The fourth-order valence-corrected chi connectivity index (χ4v) is 4.09. The number of methoxy groups -OCH3 is 1. The van der Waals surface area contributed by atoms with Crippen LogP contribution in [0.3, 0.4) is 0 Å². The van der Waals surface area contributed by atoms with E-state index < -0.39 is 27.2 Å². The molecule has 2 atom stereocenters. The van der Waals surface area contributed by atoms with E-state index in [1.807, 2.05) is 13.8 Å². The van der Waals surface area contributed by atoms with Crippen LogP contribution >= 0.6 is 0 Å². The van der Waals surface area contributed by atoms with Gasteiger partial charge in [0.2, 0.25) is 10.0 Å². The maximum atomic E-state index is 12.1. The zero-order chi connectivity index (χ0) is 13.8. The van der Waals surface area contributed by atoms with Crippen LogP contribution in [0.15, 0.2) is 0 Å². The van der Waals surface area contributed by atoms with Gasteiger partial charge in [0.1, 0.15) is 0 Å². The zero-order valence-electron chi connectivity index (χ0n) is 11.3. The molecule has 1 rings (SSSR count). The van der Waals surface area contributed by atoms with Gasteiger partial charge in [-0.05, 0) is 25.2 Å². The number of hydrogen-bond donors (Lipinski definition) is 1. The molecule has 106 valence electrons. The summed E-state index contributed by atoms with van der Waals surface area (Å²) in [5.41, 5.74) is 0. The second-order valence-corrected chi connectivity index (χ2v) is 7.21. The molecule has 0 bridgehead atoms. The predicted octanol–water partition coefficient (Wildman–Crippen LogP) is 1.29. The fraction of sp³-hybridized carbons (Fsp3) is 0.917. The lowest BCUT2D eigenvalue weighted by molar-refractivity contribution is -0.145. The van der Waals surface area contributed by atoms with Crippen molar-refractivity contribution < 1.29 is 17.9 Å². The van der Waals surface area contributed by atoms with Crippen molar-refractivity contribution in [3.63, 3.8) is 0 Å². The molecule has 0 amide bonds. The molecule has 0 aromatic rings. The number of rotatable bonds is 6. The van der Waals surface area contributed by atoms with Crippen molar-refractivity contribution in [3.05, 3.63) is 0 Å². The quantitative estimate of drug-likeness (QED) is 0.743. The second-order valence-electron chi connectivity index (χ2n) is 5.22. The monoisotopic (exact) mass is 277 g/mol. The minimum absolute atomic E-state index is 0.410. The van der Waals surface area contributed by atoms with Crippen molar-refractivity contribution in [2.45, 2.75) is 44.8 Å². The van der Waals surface area contributed by atoms with E-state index in [-0.39, 0.29) is 0 Å². The van der Waals surface area contributed by atoms with Crippen LogP contribution in [-0.2, 0) is 19.6 Å². The van der Waals surface area contributed by atoms with Crippen molar-refractivity contribution in [1.29, 1.82) is 0 Å². The third-order valence-electron chi connectivity index (χ3n) is 3.38. The first-order valence-corrected chi connectivity index (χ1v) is 7.99. The topological polar surface area (TPSA) is 72.5 Å². The molecule has 1 aliphatic rings. The van der Waals surface area contributed by atoms with Gasteiger partial charge in [-0.1, -0.05) is 20.3 Å². The summed E-state index contributed by atoms with van der Waals surface area (Å²) in [5, 5.41) is -0.628. The Hall–Kier alpha value is -0.620. The molecule has 1 N–H and O–H groups in total. The molecule has 0 saturated heterocycles. The Bertz CT molecular complexity index is 378. The summed E-state index contributed by atoms with van der Waals surface area (Å²) in [4.78, 5) is 11.5. The Morgan fingerprint density at radius 1 is 1.39 bits per heavy atom. The van der Waals surface area contributed by atoms with Crippen LogP contribution < -0.4 is 4.72 Å². The van der Waals surface area contributed by atoms with E-state index in [1.54, 1.807) is 0 Å². The van der Waals surface area contributed by atoms with Crippen LogP contribution in [0.25, 0.3) is 0 Å². The molecule has 0 radical (unpaired) electrons. The highest BCUT2D eigenvalue weighted by atomic mass is 32.2. The molecule has 5 nitrogen and oxygen atoms in total. The lowest BCUT2D eigenvalue weighted by atomic mass is 10.1. The van der Waals surface area contributed by atoms with Crippen LogP contribution in [0.2, 0.25) is 0 Å². The number of ether oxygens (including phenoxy) is 1. The largest absolute Gasteiger partial charge is 0.469 e. The molecule has 1 saturated carbocycles. The Morgan fingerprint density at radius 2 is 2.06 bits per heavy atom. The van der Waals surface area contributed by atoms with E-state index in [0.717, 1.165) is 12.8 Å². The average Bonchev–Trinajstić information content (AvgIpc) is 2.76. The molecule has 1 fully saturated rings. The summed E-state index contributed by atoms with van der Waals surface area (Å²) in [6.45, 7) is 4.52. The van der Waals surface area contributed by atoms with Gasteiger partial charge in [-0.15, -0.1) is 0 Å². The van der Waals surface area contributed by atoms with Crippen LogP contribution in [0.4, 0.5) is 0 Å². The summed E-state index contributed by atoms with van der Waals surface area (Å²) in [7, 11) is -2.11. The van der Waals surface area contributed by atoms with E-state index in [9.17, 15) is 13.2 Å². The first kappa shape index (κ1) is 15.4. The van der Waals surface area contributed by atoms with Gasteiger partial charge >= 0.3 is 5.97 Å². The van der Waals surface area contributed by atoms with Gasteiger partial charge < -0.3 is 4.74 Å². The third kappa shape index (κ3) is 3.95. The summed E-state index contributed by atoms with van der Waals surface area (Å²) in [6, 6.07) is 0. The molecule has 0 aromatic heterocycles. The summed E-state index contributed by atoms with van der Waals surface area (Å²) in [6.07, 6.45) is 2.70. The molecule has 0 aliphatic heterocycles. The summed E-state index contributed by atoms with van der Waals surface area (Å²) in [5.74, 6) is -0.467. The maximum Gasteiger partial charge on any atom is 0.310 e. The van der Waals surface area contributed by atoms with Crippen molar-refractivity contribution in [1.82, 2.24) is 4.72 Å². The lowest BCUT2D eigenvalue weighted by Crippen LogP contribution is -2.40. The minimum atomic E-state index is -3.41. The van der Waals surface area contributed by atoms with Gasteiger partial charge in [0, 0.05) is 6.54 Å². The maximum absolute atomic E-state index is 12.1. The highest BCUT2D eigenvalue weighted by Gasteiger charge is 2.41. The van der Waals surface area contributed by atoms with E-state index >= 15 is 0 Å². The SMILES string of the molecule is COC(=O)C1CCCC1S(=O)(=O)NCCC(C)C. The number of sulfonamides is 1. The van der Waals surface area contributed by atoms with Gasteiger partial charge in [0.15, 0.2) is 0 Å². The van der Waals surface area contributed by atoms with Crippen LogP contribution in [0.5, 0.6) is 0 Å². The molecule has 0 aromatic carbocycles. The number of esters is 1. The predicted molar refractivity (Wildman–Crippen MR) is 69.5 cm³/mol. The van der Waals surface area contributed by atoms with E-state index in [0.29, 0.717) is 25.3 Å². The number of carbonyl (C=O) groups is 1. The van der Waals surface area contributed by atoms with Gasteiger partial charge in [-0.3, -0.25) is 4.79 Å². The average molecular weight is 277 g/mol. The molecule has 18 heavy (non-hydrogen) atoms. The van der Waals surface area contributed by atoms with Gasteiger partial charge in [0.05, 0.1) is 18.3 Å². The van der Waals surface area contributed by atoms with E-state index in [4.69, 9.17) is 0 Å². The molecule has 2 unspecified atom stereocenters. The normalized spacial score (nSPS) is 24.4. The van der Waals surface area contributed by atoms with Crippen molar-refractivity contribution in [2.75, 3.05) is 13.7 Å². The number of carbonyl (C=O) groups excluding carboxylic acids is 1. The van der Waals surface area contributed by atoms with Crippen LogP contribution in [0, 0.1) is 11.8 Å². The molecule has 0 heterocycles. The fourth-order valence-electron chi connectivity index (χ4n) is 2.32. The molecule has 1 aliphatic carbocycles. The zero-order valence-corrected chi connectivity index (χ0v) is 12.1. The third-order valence-corrected chi connectivity index (χ3v) is 5.35. The summed E-state index contributed by atoms with van der Waals surface area (Å²) >= 11 is 0. The highest BCUT2D eigenvalue weighted by molar-refractivity contribution is 7.90. The van der Waals surface area contributed by atoms with Crippen molar-refractivity contribution in [2.24, 2.45) is 11.8 Å². The Morgan fingerprint density at radius 3 is 2.61 bits per heavy atom. The number of nitrogens with one attached hydrogen (secondary N) is 1. The van der Waals surface area contributed by atoms with Gasteiger partial charge in [-0.2, -0.15) is 0 Å². The Kier molecular flexibility index (Phi) is 5.59. The Labute approximate surface area is 109 Å². The molecule has 0 spiro atoms. The van der Waals surface area contributed by atoms with Gasteiger partial charge in [0.25, 0.3) is 0 Å². The number of hydrogen-bond acceptors (Lipinski definition) is 4. The minimum Gasteiger partial charge on any atom is -0.469 e. The first-order chi connectivity index (χ1) is 8.38. The molecular weight excluding hydrogens is 254 g/mol. The first-order valence-electron chi connectivity index (χ1n) is 6.44. The standard InChI is InChI=1S/C12H23NO4S/c1-9(2)7-8-13-18(15,16)11-6-4-5-10(11)12(14)17-3/h9-11,13H,4-8H2,1-3H3. The van der Waals surface area contributed by atoms with E-state index in [2.05, 4.69) is 9.46 Å². The lowest BCUT2D eigenvalue weighted by Gasteiger charge is -2.18. The summed E-state index contributed by atoms with van der Waals surface area (Å²) < 4.78 is 31.5. The van der Waals surface area contributed by atoms with Crippen LogP contribution in [0.1, 0.15) is 39.5 Å². The van der Waals surface area contributed by atoms with Crippen molar-refractivity contribution in [3.8, 4) is 0 Å². The van der Waals surface area contributed by atoms with Gasteiger partial charge in [-0.25, -0.2) is 13.1 Å². The second kappa shape index (κ2) is 6.52. The smallest absolute Gasteiger partial charge is 0.310 e. The Balaban J connectivity index is 2.63. The van der Waals surface area contributed by atoms with Crippen molar-refractivity contribution >= 4 is 16.0 Å². The highest BCUT2D eigenvalue weighted by Crippen LogP contribution is 2.31. The molecular formula is C12H23NO4S. The molecule has 6 heteroatoms.